The van der Waals surface area contributed by atoms with Gasteiger partial charge in [-0.05, 0) is 32.0 Å². The summed E-state index contributed by atoms with van der Waals surface area (Å²) in [5.74, 6) is 1.39. The second-order valence-electron chi connectivity index (χ2n) is 5.42. The molecule has 1 aromatic carbocycles. The molecule has 1 aromatic heterocycles. The van der Waals surface area contributed by atoms with Crippen LogP contribution in [-0.2, 0) is 9.53 Å². The molecule has 0 unspecified atom stereocenters. The maximum atomic E-state index is 12.6. The molecule has 0 saturated carbocycles. The molecule has 25 heavy (non-hydrogen) atoms. The van der Waals surface area contributed by atoms with E-state index in [4.69, 9.17) is 14.2 Å². The Balaban J connectivity index is 2.22. The number of hydrogen-bond acceptors (Lipinski definition) is 7. The van der Waals surface area contributed by atoms with E-state index in [9.17, 15) is 4.79 Å². The van der Waals surface area contributed by atoms with E-state index in [2.05, 4.69) is 15.4 Å². The zero-order valence-electron chi connectivity index (χ0n) is 14.6. The summed E-state index contributed by atoms with van der Waals surface area (Å²) >= 11 is 0. The van der Waals surface area contributed by atoms with Crippen molar-refractivity contribution in [2.45, 2.75) is 19.9 Å². The number of methoxy groups -OCH3 is 2. The van der Waals surface area contributed by atoms with Crippen molar-refractivity contribution in [2.75, 3.05) is 26.1 Å². The Bertz CT molecular complexity index is 828. The van der Waals surface area contributed by atoms with E-state index < -0.39 is 12.0 Å². The summed E-state index contributed by atoms with van der Waals surface area (Å²) in [6, 6.07) is 4.88. The number of anilines is 1. The van der Waals surface area contributed by atoms with Gasteiger partial charge in [0.15, 0.2) is 0 Å². The lowest BCUT2D eigenvalue weighted by Crippen LogP contribution is -2.30. The van der Waals surface area contributed by atoms with Crippen LogP contribution < -0.4 is 14.8 Å². The maximum Gasteiger partial charge on any atom is 0.338 e. The molecule has 8 heteroatoms. The highest BCUT2D eigenvalue weighted by molar-refractivity contribution is 5.92. The second kappa shape index (κ2) is 6.84. The van der Waals surface area contributed by atoms with Crippen LogP contribution in [-0.4, -0.2) is 41.6 Å². The van der Waals surface area contributed by atoms with Gasteiger partial charge in [0.2, 0.25) is 5.95 Å². The van der Waals surface area contributed by atoms with E-state index in [1.807, 2.05) is 13.0 Å². The van der Waals surface area contributed by atoms with E-state index in [0.29, 0.717) is 28.7 Å². The largest absolute Gasteiger partial charge is 0.497 e. The van der Waals surface area contributed by atoms with Gasteiger partial charge in [0.05, 0.1) is 26.4 Å². The lowest BCUT2D eigenvalue weighted by atomic mass is 9.94. The third-order valence-electron chi connectivity index (χ3n) is 4.02. The van der Waals surface area contributed by atoms with Crippen LogP contribution in [0.3, 0.4) is 0 Å². The number of rotatable bonds is 5. The fraction of sp³-hybridized carbons (Fsp3) is 0.353. The normalized spacial score (nSPS) is 16.1. The van der Waals surface area contributed by atoms with Gasteiger partial charge in [0, 0.05) is 11.3 Å². The molecule has 0 bridgehead atoms. The Hall–Kier alpha value is -3.03. The van der Waals surface area contributed by atoms with Crippen molar-refractivity contribution < 1.29 is 19.0 Å². The zero-order valence-corrected chi connectivity index (χ0v) is 14.6. The third-order valence-corrected chi connectivity index (χ3v) is 4.02. The number of nitrogens with zero attached hydrogens (tertiary/aromatic N) is 3. The van der Waals surface area contributed by atoms with Crippen molar-refractivity contribution in [2.24, 2.45) is 0 Å². The van der Waals surface area contributed by atoms with Gasteiger partial charge in [-0.25, -0.2) is 9.48 Å². The van der Waals surface area contributed by atoms with E-state index >= 15 is 0 Å². The van der Waals surface area contributed by atoms with Gasteiger partial charge in [0.1, 0.15) is 23.9 Å². The molecule has 0 fully saturated rings. The van der Waals surface area contributed by atoms with Crippen molar-refractivity contribution in [3.8, 4) is 11.5 Å². The van der Waals surface area contributed by atoms with Gasteiger partial charge in [-0.15, -0.1) is 0 Å². The number of esters is 1. The van der Waals surface area contributed by atoms with E-state index in [1.165, 1.54) is 6.33 Å². The fourth-order valence-electron chi connectivity index (χ4n) is 2.90. The van der Waals surface area contributed by atoms with Crippen molar-refractivity contribution in [1.29, 1.82) is 0 Å². The Morgan fingerprint density at radius 3 is 2.80 bits per heavy atom. The van der Waals surface area contributed by atoms with Crippen LogP contribution in [0.2, 0.25) is 0 Å². The Morgan fingerprint density at radius 2 is 2.12 bits per heavy atom. The number of carbonyl (C=O) groups excluding carboxylic acids is 1. The van der Waals surface area contributed by atoms with Gasteiger partial charge in [-0.3, -0.25) is 0 Å². The Kier molecular flexibility index (Phi) is 4.60. The summed E-state index contributed by atoms with van der Waals surface area (Å²) < 4.78 is 17.7. The highest BCUT2D eigenvalue weighted by Gasteiger charge is 2.36. The number of fused-ring (bicyclic) bond motifs is 1. The van der Waals surface area contributed by atoms with Crippen LogP contribution in [0.1, 0.15) is 25.5 Å². The summed E-state index contributed by atoms with van der Waals surface area (Å²) in [5, 5.41) is 7.37. The molecule has 1 atom stereocenters. The van der Waals surface area contributed by atoms with Crippen LogP contribution >= 0.6 is 0 Å². The van der Waals surface area contributed by atoms with Crippen molar-refractivity contribution in [1.82, 2.24) is 14.8 Å². The standard InChI is InChI=1S/C17H20N4O4/c1-5-25-16(22)14-10(2)20-17-18-9-19-21(17)15(14)12-8-11(23-3)6-7-13(12)24-4/h6-9,15H,5H2,1-4H3,(H,18,19,20)/t15-/m0/s1. The Labute approximate surface area is 145 Å². The SMILES string of the molecule is CCOC(=O)C1=C(C)Nc2ncnn2[C@H]1c1cc(OC)ccc1OC. The molecule has 0 aliphatic carbocycles. The molecule has 0 spiro atoms. The summed E-state index contributed by atoms with van der Waals surface area (Å²) in [6.45, 7) is 3.86. The molecule has 0 saturated heterocycles. The number of allylic oxidation sites excluding steroid dienone is 1. The monoisotopic (exact) mass is 344 g/mol. The van der Waals surface area contributed by atoms with Crippen LogP contribution in [0, 0.1) is 0 Å². The first-order valence-electron chi connectivity index (χ1n) is 7.87. The smallest absolute Gasteiger partial charge is 0.338 e. The first-order valence-corrected chi connectivity index (χ1v) is 7.87. The number of aromatic nitrogens is 3. The maximum absolute atomic E-state index is 12.6. The topological polar surface area (TPSA) is 87.5 Å². The molecule has 1 aliphatic heterocycles. The second-order valence-corrected chi connectivity index (χ2v) is 5.42. The molecular formula is C17H20N4O4. The number of benzene rings is 1. The predicted molar refractivity (Wildman–Crippen MR) is 90.7 cm³/mol. The molecule has 1 N–H and O–H groups in total. The molecule has 0 amide bonds. The van der Waals surface area contributed by atoms with E-state index in [-0.39, 0.29) is 6.61 Å². The van der Waals surface area contributed by atoms with Gasteiger partial charge < -0.3 is 19.5 Å². The van der Waals surface area contributed by atoms with Crippen molar-refractivity contribution >= 4 is 11.9 Å². The molecule has 2 aromatic rings. The fourth-order valence-corrected chi connectivity index (χ4v) is 2.90. The summed E-state index contributed by atoms with van der Waals surface area (Å²) in [4.78, 5) is 16.8. The van der Waals surface area contributed by atoms with Crippen molar-refractivity contribution in [3.63, 3.8) is 0 Å². The minimum absolute atomic E-state index is 0.280. The number of nitrogens with one attached hydrogen (secondary N) is 1. The minimum Gasteiger partial charge on any atom is -0.497 e. The lowest BCUT2D eigenvalue weighted by molar-refractivity contribution is -0.139. The highest BCUT2D eigenvalue weighted by Crippen LogP contribution is 2.40. The number of carbonyl (C=O) groups is 1. The zero-order chi connectivity index (χ0) is 18.0. The predicted octanol–water partition coefficient (Wildman–Crippen LogP) is 2.15. The number of hydrogen-bond donors (Lipinski definition) is 1. The van der Waals surface area contributed by atoms with Crippen molar-refractivity contribution in [3.05, 3.63) is 41.4 Å². The molecule has 1 aliphatic rings. The average Bonchev–Trinajstić information content (AvgIpc) is 3.07. The lowest BCUT2D eigenvalue weighted by Gasteiger charge is -2.29. The highest BCUT2D eigenvalue weighted by atomic mass is 16.5. The van der Waals surface area contributed by atoms with Crippen LogP contribution in [0.25, 0.3) is 0 Å². The summed E-state index contributed by atoms with van der Waals surface area (Å²) in [5.41, 5.74) is 1.85. The minimum atomic E-state index is -0.539. The average molecular weight is 344 g/mol. The quantitative estimate of drug-likeness (QED) is 0.832. The molecule has 132 valence electrons. The molecular weight excluding hydrogens is 324 g/mol. The molecule has 8 nitrogen and oxygen atoms in total. The number of ether oxygens (including phenoxy) is 3. The summed E-state index contributed by atoms with van der Waals surface area (Å²) in [7, 11) is 3.16. The van der Waals surface area contributed by atoms with Crippen LogP contribution in [0.15, 0.2) is 35.8 Å². The molecule has 2 heterocycles. The van der Waals surface area contributed by atoms with E-state index in [1.54, 1.807) is 38.0 Å². The van der Waals surface area contributed by atoms with Crippen LogP contribution in [0.4, 0.5) is 5.95 Å². The van der Waals surface area contributed by atoms with Crippen LogP contribution in [0.5, 0.6) is 11.5 Å². The van der Waals surface area contributed by atoms with Gasteiger partial charge in [-0.2, -0.15) is 10.1 Å². The first-order chi connectivity index (χ1) is 12.1. The van der Waals surface area contributed by atoms with E-state index in [0.717, 1.165) is 5.56 Å². The third kappa shape index (κ3) is 2.90. The summed E-state index contributed by atoms with van der Waals surface area (Å²) in [6.07, 6.45) is 1.43. The Morgan fingerprint density at radius 1 is 1.32 bits per heavy atom. The van der Waals surface area contributed by atoms with Gasteiger partial charge >= 0.3 is 5.97 Å². The van der Waals surface area contributed by atoms with Gasteiger partial charge in [-0.1, -0.05) is 0 Å². The van der Waals surface area contributed by atoms with Gasteiger partial charge in [0.25, 0.3) is 0 Å². The first kappa shape index (κ1) is 16.8. The molecule has 3 rings (SSSR count). The molecule has 0 radical (unpaired) electrons.